The van der Waals surface area contributed by atoms with Crippen LogP contribution in [0.25, 0.3) is 0 Å². The van der Waals surface area contributed by atoms with Crippen LogP contribution >= 0.6 is 0 Å². The van der Waals surface area contributed by atoms with Gasteiger partial charge < -0.3 is 19.7 Å². The summed E-state index contributed by atoms with van der Waals surface area (Å²) in [7, 11) is 0. The first kappa shape index (κ1) is 9.32. The third-order valence-corrected chi connectivity index (χ3v) is 1.92. The van der Waals surface area contributed by atoms with Gasteiger partial charge in [0.25, 0.3) is 0 Å². The van der Waals surface area contributed by atoms with Crippen LogP contribution in [0.5, 0.6) is 11.5 Å². The van der Waals surface area contributed by atoms with Gasteiger partial charge in [0.2, 0.25) is 0 Å². The van der Waals surface area contributed by atoms with E-state index in [4.69, 9.17) is 19.7 Å². The molecule has 15 heavy (non-hydrogen) atoms. The first-order valence-corrected chi connectivity index (χ1v) is 4.00. The van der Waals surface area contributed by atoms with Gasteiger partial charge in [0.15, 0.2) is 11.5 Å². The minimum atomic E-state index is -2.66. The molecule has 1 heterocycles. The molecule has 1 aliphatic heterocycles. The van der Waals surface area contributed by atoms with Crippen molar-refractivity contribution in [3.8, 4) is 11.5 Å². The zero-order chi connectivity index (χ0) is 11.1. The van der Waals surface area contributed by atoms with Gasteiger partial charge in [-0.15, -0.1) is 0 Å². The van der Waals surface area contributed by atoms with Gasteiger partial charge in [-0.3, -0.25) is 0 Å². The number of aliphatic carboxylic acids is 2. The summed E-state index contributed by atoms with van der Waals surface area (Å²) >= 11 is 0. The molecule has 0 bridgehead atoms. The van der Waals surface area contributed by atoms with Gasteiger partial charge in [0, 0.05) is 0 Å². The second kappa shape index (κ2) is 2.88. The molecule has 0 unspecified atom stereocenters. The van der Waals surface area contributed by atoms with E-state index in [0.29, 0.717) is 0 Å². The Hall–Kier alpha value is -2.24. The Morgan fingerprint density at radius 3 is 1.73 bits per heavy atom. The van der Waals surface area contributed by atoms with Crippen molar-refractivity contribution >= 4 is 11.9 Å². The van der Waals surface area contributed by atoms with Gasteiger partial charge in [0.05, 0.1) is 0 Å². The van der Waals surface area contributed by atoms with Crippen LogP contribution in [-0.2, 0) is 9.59 Å². The van der Waals surface area contributed by atoms with Gasteiger partial charge in [0.1, 0.15) is 0 Å². The minimum Gasteiger partial charge on any atom is -0.475 e. The third kappa shape index (κ3) is 1.18. The van der Waals surface area contributed by atoms with Crippen molar-refractivity contribution in [3.05, 3.63) is 24.3 Å². The molecular weight excluding hydrogens is 204 g/mol. The quantitative estimate of drug-likeness (QED) is 0.683. The number of carboxylic acids is 2. The standard InChI is InChI=1S/C9H6O6/c10-7(11)9(8(12)13)14-5-3-1-2-4-6(5)15-9/h1-4H,(H,10,11)(H,12,13). The second-order valence-electron chi connectivity index (χ2n) is 2.88. The maximum atomic E-state index is 10.8. The van der Waals surface area contributed by atoms with E-state index >= 15 is 0 Å². The average Bonchev–Trinajstić information content (AvgIpc) is 2.57. The first-order chi connectivity index (χ1) is 7.06. The first-order valence-electron chi connectivity index (χ1n) is 4.00. The Labute approximate surface area is 83.7 Å². The van der Waals surface area contributed by atoms with Crippen molar-refractivity contribution in [2.24, 2.45) is 0 Å². The van der Waals surface area contributed by atoms with Crippen LogP contribution in [0.4, 0.5) is 0 Å². The Bertz CT molecular complexity index is 397. The molecule has 1 aliphatic rings. The highest BCUT2D eigenvalue weighted by Crippen LogP contribution is 2.39. The molecule has 0 amide bonds. The molecule has 2 rings (SSSR count). The molecule has 1 aromatic rings. The van der Waals surface area contributed by atoms with Crippen LogP contribution in [0.15, 0.2) is 24.3 Å². The van der Waals surface area contributed by atoms with E-state index in [-0.39, 0.29) is 11.5 Å². The van der Waals surface area contributed by atoms with Crippen molar-refractivity contribution in [2.45, 2.75) is 5.79 Å². The fourth-order valence-corrected chi connectivity index (χ4v) is 1.22. The smallest absolute Gasteiger partial charge is 0.453 e. The Balaban J connectivity index is 2.45. The van der Waals surface area contributed by atoms with Crippen LogP contribution in [-0.4, -0.2) is 27.9 Å². The molecule has 0 aliphatic carbocycles. The molecule has 0 spiro atoms. The highest BCUT2D eigenvalue weighted by molar-refractivity contribution is 6.01. The summed E-state index contributed by atoms with van der Waals surface area (Å²) in [6.45, 7) is 0. The molecule has 0 saturated heterocycles. The maximum Gasteiger partial charge on any atom is 0.453 e. The van der Waals surface area contributed by atoms with Crippen LogP contribution in [0.3, 0.4) is 0 Å². The lowest BCUT2D eigenvalue weighted by atomic mass is 10.3. The summed E-state index contributed by atoms with van der Waals surface area (Å²) in [5, 5.41) is 17.6. The molecule has 6 nitrogen and oxygen atoms in total. The van der Waals surface area contributed by atoms with Crippen molar-refractivity contribution in [3.63, 3.8) is 0 Å². The average molecular weight is 210 g/mol. The van der Waals surface area contributed by atoms with Crippen molar-refractivity contribution < 1.29 is 29.3 Å². The fraction of sp³-hybridized carbons (Fsp3) is 0.111. The number of hydrogen-bond donors (Lipinski definition) is 2. The number of carboxylic acid groups (broad SMARTS) is 2. The predicted octanol–water partition coefficient (Wildman–Crippen LogP) is 0.323. The van der Waals surface area contributed by atoms with E-state index in [2.05, 4.69) is 0 Å². The molecule has 2 N–H and O–H groups in total. The van der Waals surface area contributed by atoms with E-state index in [0.717, 1.165) is 0 Å². The van der Waals surface area contributed by atoms with Gasteiger partial charge in [-0.25, -0.2) is 9.59 Å². The summed E-state index contributed by atoms with van der Waals surface area (Å²) in [5.74, 6) is -5.87. The molecule has 0 atom stereocenters. The number of fused-ring (bicyclic) bond motifs is 1. The SMILES string of the molecule is O=C(O)C1(C(=O)O)Oc2ccccc2O1. The summed E-state index contributed by atoms with van der Waals surface area (Å²) in [4.78, 5) is 21.6. The molecule has 0 radical (unpaired) electrons. The van der Waals surface area contributed by atoms with E-state index < -0.39 is 17.7 Å². The predicted molar refractivity (Wildman–Crippen MR) is 45.7 cm³/mol. The third-order valence-electron chi connectivity index (χ3n) is 1.92. The van der Waals surface area contributed by atoms with E-state index in [1.165, 1.54) is 12.1 Å². The summed E-state index contributed by atoms with van der Waals surface area (Å²) in [6, 6.07) is 6.04. The second-order valence-corrected chi connectivity index (χ2v) is 2.88. The van der Waals surface area contributed by atoms with Crippen LogP contribution in [0.1, 0.15) is 0 Å². The zero-order valence-corrected chi connectivity index (χ0v) is 7.34. The molecule has 1 aromatic carbocycles. The highest BCUT2D eigenvalue weighted by atomic mass is 16.8. The van der Waals surface area contributed by atoms with Crippen molar-refractivity contribution in [1.29, 1.82) is 0 Å². The van der Waals surface area contributed by atoms with Crippen LogP contribution in [0, 0.1) is 0 Å². The molecule has 6 heteroatoms. The summed E-state index contributed by atoms with van der Waals surface area (Å²) < 4.78 is 9.59. The Morgan fingerprint density at radius 1 is 1.00 bits per heavy atom. The lowest BCUT2D eigenvalue weighted by Gasteiger charge is -2.16. The van der Waals surface area contributed by atoms with E-state index in [1.807, 2.05) is 0 Å². The Morgan fingerprint density at radius 2 is 1.40 bits per heavy atom. The lowest BCUT2D eigenvalue weighted by Crippen LogP contribution is -2.54. The van der Waals surface area contributed by atoms with Gasteiger partial charge in [-0.1, -0.05) is 12.1 Å². The molecule has 0 saturated carbocycles. The van der Waals surface area contributed by atoms with E-state index in [9.17, 15) is 9.59 Å². The number of benzene rings is 1. The normalized spacial score (nSPS) is 16.0. The lowest BCUT2D eigenvalue weighted by molar-refractivity contribution is -0.194. The van der Waals surface area contributed by atoms with Crippen LogP contribution in [0.2, 0.25) is 0 Å². The van der Waals surface area contributed by atoms with E-state index in [1.54, 1.807) is 12.1 Å². The molecule has 78 valence electrons. The number of para-hydroxylation sites is 2. The summed E-state index contributed by atoms with van der Waals surface area (Å²) in [5.41, 5.74) is 0. The molecular formula is C9H6O6. The summed E-state index contributed by atoms with van der Waals surface area (Å²) in [6.07, 6.45) is 0. The largest absolute Gasteiger partial charge is 0.475 e. The minimum absolute atomic E-state index is 0.0994. The monoisotopic (exact) mass is 210 g/mol. The van der Waals surface area contributed by atoms with Crippen molar-refractivity contribution in [1.82, 2.24) is 0 Å². The molecule has 0 fully saturated rings. The number of ether oxygens (including phenoxy) is 2. The topological polar surface area (TPSA) is 93.1 Å². The number of carbonyl (C=O) groups is 2. The van der Waals surface area contributed by atoms with Gasteiger partial charge in [-0.2, -0.15) is 0 Å². The van der Waals surface area contributed by atoms with Gasteiger partial charge in [-0.05, 0) is 12.1 Å². The van der Waals surface area contributed by atoms with Gasteiger partial charge >= 0.3 is 17.7 Å². The highest BCUT2D eigenvalue weighted by Gasteiger charge is 2.57. The molecule has 0 aromatic heterocycles. The van der Waals surface area contributed by atoms with Crippen molar-refractivity contribution in [2.75, 3.05) is 0 Å². The number of hydrogen-bond acceptors (Lipinski definition) is 4. The fourth-order valence-electron chi connectivity index (χ4n) is 1.22. The zero-order valence-electron chi connectivity index (χ0n) is 7.34. The Kier molecular flexibility index (Phi) is 1.79. The maximum absolute atomic E-state index is 10.8. The van der Waals surface area contributed by atoms with Crippen LogP contribution < -0.4 is 9.47 Å². The number of rotatable bonds is 2.